The molecule has 2 heterocycles. The number of rotatable bonds is 3. The molecule has 94 valence electrons. The van der Waals surface area contributed by atoms with E-state index in [1.165, 1.54) is 17.3 Å². The van der Waals surface area contributed by atoms with Crippen LogP contribution in [0.3, 0.4) is 0 Å². The Hall–Kier alpha value is -1.46. The summed E-state index contributed by atoms with van der Waals surface area (Å²) in [4.78, 5) is 22.0. The molecule has 18 heavy (non-hydrogen) atoms. The summed E-state index contributed by atoms with van der Waals surface area (Å²) in [6, 6.07) is 4.00. The fraction of sp³-hybridized carbons (Fsp3) is 0.250. The van der Waals surface area contributed by atoms with Crippen molar-refractivity contribution in [1.82, 2.24) is 15.3 Å². The lowest BCUT2D eigenvalue weighted by Crippen LogP contribution is -2.27. The predicted octanol–water partition coefficient (Wildman–Crippen LogP) is 2.99. The van der Waals surface area contributed by atoms with E-state index in [1.54, 1.807) is 11.3 Å². The number of hydrogen-bond acceptors (Lipinski definition) is 4. The molecule has 2 aromatic rings. The summed E-state index contributed by atoms with van der Waals surface area (Å²) < 4.78 is 0. The van der Waals surface area contributed by atoms with Crippen molar-refractivity contribution in [3.63, 3.8) is 0 Å². The highest BCUT2D eigenvalue weighted by Crippen LogP contribution is 2.22. The van der Waals surface area contributed by atoms with Crippen molar-refractivity contribution in [2.75, 3.05) is 0 Å². The monoisotopic (exact) mass is 281 g/mol. The molecule has 4 nitrogen and oxygen atoms in total. The zero-order chi connectivity index (χ0) is 13.1. The number of carbonyl (C=O) groups is 1. The average molecular weight is 282 g/mol. The molecule has 1 atom stereocenters. The van der Waals surface area contributed by atoms with Gasteiger partial charge in [0.05, 0.1) is 18.4 Å². The number of aryl methyl sites for hydroxylation is 1. The Balaban J connectivity index is 2.05. The Morgan fingerprint density at radius 3 is 2.72 bits per heavy atom. The molecule has 1 N–H and O–H groups in total. The third-order valence-electron chi connectivity index (χ3n) is 2.39. The van der Waals surface area contributed by atoms with Crippen LogP contribution in [0, 0.1) is 6.92 Å². The summed E-state index contributed by atoms with van der Waals surface area (Å²) in [5.74, 6) is -0.252. The first kappa shape index (κ1) is 13.0. The van der Waals surface area contributed by atoms with Crippen LogP contribution < -0.4 is 5.32 Å². The number of nitrogens with zero attached hydrogens (tertiary/aromatic N) is 2. The standard InChI is InChI=1S/C12H12ClN3OS/c1-7-3-4-10(18-7)8(2)16-12(17)9-5-15-11(13)6-14-9/h3-6,8H,1-2H3,(H,16,17). The third kappa shape index (κ3) is 3.05. The van der Waals surface area contributed by atoms with Crippen molar-refractivity contribution in [3.05, 3.63) is 45.1 Å². The van der Waals surface area contributed by atoms with Crippen LogP contribution in [0.25, 0.3) is 0 Å². The van der Waals surface area contributed by atoms with Crippen molar-refractivity contribution < 1.29 is 4.79 Å². The van der Waals surface area contributed by atoms with Crippen LogP contribution in [0.4, 0.5) is 0 Å². The van der Waals surface area contributed by atoms with Crippen molar-refractivity contribution in [1.29, 1.82) is 0 Å². The number of thiophene rings is 1. The minimum atomic E-state index is -0.252. The van der Waals surface area contributed by atoms with Gasteiger partial charge in [0.1, 0.15) is 10.8 Å². The first-order valence-corrected chi connectivity index (χ1v) is 6.60. The smallest absolute Gasteiger partial charge is 0.271 e. The highest BCUT2D eigenvalue weighted by Gasteiger charge is 2.14. The minimum absolute atomic E-state index is 0.0475. The summed E-state index contributed by atoms with van der Waals surface area (Å²) >= 11 is 7.28. The van der Waals surface area contributed by atoms with Crippen LogP contribution in [0.5, 0.6) is 0 Å². The van der Waals surface area contributed by atoms with Crippen molar-refractivity contribution in [3.8, 4) is 0 Å². The first-order chi connectivity index (χ1) is 8.56. The molecule has 0 saturated heterocycles. The number of amides is 1. The van der Waals surface area contributed by atoms with Gasteiger partial charge in [0.15, 0.2) is 0 Å². The van der Waals surface area contributed by atoms with E-state index in [4.69, 9.17) is 11.6 Å². The van der Waals surface area contributed by atoms with E-state index < -0.39 is 0 Å². The maximum Gasteiger partial charge on any atom is 0.271 e. The van der Waals surface area contributed by atoms with Gasteiger partial charge >= 0.3 is 0 Å². The quantitative estimate of drug-likeness (QED) is 0.941. The number of hydrogen-bond donors (Lipinski definition) is 1. The van der Waals surface area contributed by atoms with Gasteiger partial charge in [-0.25, -0.2) is 9.97 Å². The van der Waals surface area contributed by atoms with E-state index in [2.05, 4.69) is 15.3 Å². The topological polar surface area (TPSA) is 54.9 Å². The van der Waals surface area contributed by atoms with E-state index in [9.17, 15) is 4.79 Å². The fourth-order valence-electron chi connectivity index (χ4n) is 1.46. The minimum Gasteiger partial charge on any atom is -0.343 e. The number of aromatic nitrogens is 2. The summed E-state index contributed by atoms with van der Waals surface area (Å²) in [6.07, 6.45) is 2.72. The molecule has 2 rings (SSSR count). The zero-order valence-corrected chi connectivity index (χ0v) is 11.5. The van der Waals surface area contributed by atoms with Crippen LogP contribution in [-0.2, 0) is 0 Å². The first-order valence-electron chi connectivity index (χ1n) is 5.41. The second kappa shape index (κ2) is 5.46. The molecular weight excluding hydrogens is 270 g/mol. The van der Waals surface area contributed by atoms with Crippen LogP contribution >= 0.6 is 22.9 Å². The van der Waals surface area contributed by atoms with Gasteiger partial charge in [-0.2, -0.15) is 0 Å². The molecule has 0 saturated carbocycles. The molecule has 0 bridgehead atoms. The summed E-state index contributed by atoms with van der Waals surface area (Å²) in [5, 5.41) is 3.14. The number of nitrogens with one attached hydrogen (secondary N) is 1. The van der Waals surface area contributed by atoms with Crippen molar-refractivity contribution >= 4 is 28.8 Å². The highest BCUT2D eigenvalue weighted by molar-refractivity contribution is 7.12. The predicted molar refractivity (Wildman–Crippen MR) is 72.0 cm³/mol. The van der Waals surface area contributed by atoms with E-state index in [0.29, 0.717) is 0 Å². The second-order valence-corrected chi connectivity index (χ2v) is 5.57. The van der Waals surface area contributed by atoms with Crippen LogP contribution in [0.1, 0.15) is 33.2 Å². The molecular formula is C12H12ClN3OS. The molecule has 0 aliphatic carbocycles. The van der Waals surface area contributed by atoms with E-state index in [1.807, 2.05) is 26.0 Å². The normalized spacial score (nSPS) is 12.2. The van der Waals surface area contributed by atoms with Crippen LogP contribution in [0.2, 0.25) is 5.15 Å². The molecule has 1 unspecified atom stereocenters. The molecule has 0 spiro atoms. The Morgan fingerprint density at radius 1 is 1.39 bits per heavy atom. The van der Waals surface area contributed by atoms with E-state index in [-0.39, 0.29) is 22.8 Å². The number of halogens is 1. The second-order valence-electron chi connectivity index (χ2n) is 3.87. The molecule has 0 aromatic carbocycles. The zero-order valence-electron chi connectivity index (χ0n) is 9.98. The maximum absolute atomic E-state index is 11.9. The average Bonchev–Trinajstić information content (AvgIpc) is 2.76. The lowest BCUT2D eigenvalue weighted by Gasteiger charge is -2.11. The molecule has 0 aliphatic heterocycles. The summed E-state index contributed by atoms with van der Waals surface area (Å²) in [7, 11) is 0. The SMILES string of the molecule is Cc1ccc(C(C)NC(=O)c2cnc(Cl)cn2)s1. The van der Waals surface area contributed by atoms with Gasteiger partial charge in [-0.15, -0.1) is 11.3 Å². The molecule has 0 radical (unpaired) electrons. The lowest BCUT2D eigenvalue weighted by molar-refractivity contribution is 0.0935. The van der Waals surface area contributed by atoms with Gasteiger partial charge < -0.3 is 5.32 Å². The maximum atomic E-state index is 11.9. The molecule has 2 aromatic heterocycles. The van der Waals surface area contributed by atoms with Gasteiger partial charge in [-0.3, -0.25) is 4.79 Å². The number of carbonyl (C=O) groups excluding carboxylic acids is 1. The molecule has 1 amide bonds. The third-order valence-corrected chi connectivity index (χ3v) is 3.77. The Labute approximate surface area is 114 Å². The molecule has 0 fully saturated rings. The van der Waals surface area contributed by atoms with E-state index >= 15 is 0 Å². The van der Waals surface area contributed by atoms with Gasteiger partial charge in [0, 0.05) is 9.75 Å². The van der Waals surface area contributed by atoms with Crippen LogP contribution in [-0.4, -0.2) is 15.9 Å². The Bertz CT molecular complexity index is 553. The molecule has 0 aliphatic rings. The van der Waals surface area contributed by atoms with E-state index in [0.717, 1.165) is 4.88 Å². The highest BCUT2D eigenvalue weighted by atomic mass is 35.5. The Kier molecular flexibility index (Phi) is 3.93. The summed E-state index contributed by atoms with van der Waals surface area (Å²) in [5.41, 5.74) is 0.263. The largest absolute Gasteiger partial charge is 0.343 e. The summed E-state index contributed by atoms with van der Waals surface area (Å²) in [6.45, 7) is 3.97. The Morgan fingerprint density at radius 2 is 2.17 bits per heavy atom. The van der Waals surface area contributed by atoms with Crippen molar-refractivity contribution in [2.45, 2.75) is 19.9 Å². The van der Waals surface area contributed by atoms with Gasteiger partial charge in [0.25, 0.3) is 5.91 Å². The fourth-order valence-corrected chi connectivity index (χ4v) is 2.43. The molecule has 6 heteroatoms. The lowest BCUT2D eigenvalue weighted by atomic mass is 10.2. The van der Waals surface area contributed by atoms with Gasteiger partial charge in [0.2, 0.25) is 0 Å². The van der Waals surface area contributed by atoms with Crippen molar-refractivity contribution in [2.24, 2.45) is 0 Å². The van der Waals surface area contributed by atoms with Gasteiger partial charge in [-0.05, 0) is 26.0 Å². The van der Waals surface area contributed by atoms with Gasteiger partial charge in [-0.1, -0.05) is 11.6 Å². The van der Waals surface area contributed by atoms with Crippen LogP contribution in [0.15, 0.2) is 24.5 Å².